The van der Waals surface area contributed by atoms with Gasteiger partial charge in [0, 0.05) is 5.82 Å². The van der Waals surface area contributed by atoms with Crippen molar-refractivity contribution in [3.05, 3.63) is 47.5 Å². The molecule has 1 aliphatic carbocycles. The molecule has 0 heterocycles. The van der Waals surface area contributed by atoms with Crippen molar-refractivity contribution in [1.82, 2.24) is 0 Å². The van der Waals surface area contributed by atoms with Gasteiger partial charge in [0.15, 0.2) is 0 Å². The molecule has 1 aromatic rings. The van der Waals surface area contributed by atoms with Crippen LogP contribution in [0.3, 0.4) is 0 Å². The molecule has 0 amide bonds. The second-order valence-electron chi connectivity index (χ2n) is 3.70. The maximum atomic E-state index is 9.04. The van der Waals surface area contributed by atoms with Crippen molar-refractivity contribution in [2.24, 2.45) is 0 Å². The Morgan fingerprint density at radius 3 is 2.43 bits per heavy atom. The van der Waals surface area contributed by atoms with Gasteiger partial charge in [-0.05, 0) is 18.4 Å². The van der Waals surface area contributed by atoms with Crippen molar-refractivity contribution < 1.29 is 10.0 Å². The summed E-state index contributed by atoms with van der Waals surface area (Å²) in [5.74, 6) is -0.0461. The first kappa shape index (κ1) is 9.50. The van der Waals surface area contributed by atoms with Crippen molar-refractivity contribution in [3.63, 3.8) is 0 Å². The number of allylic oxidation sites excluding steroid dienone is 2. The lowest BCUT2D eigenvalue weighted by molar-refractivity contribution is 0.385. The van der Waals surface area contributed by atoms with Crippen LogP contribution in [-0.2, 0) is 6.42 Å². The predicted molar refractivity (Wildman–Crippen MR) is 56.8 cm³/mol. The molecule has 0 aliphatic heterocycles. The van der Waals surface area contributed by atoms with Gasteiger partial charge in [0.05, 0.1) is 0 Å². The molecule has 1 atom stereocenters. The molecule has 2 N–H and O–H groups in total. The minimum Gasteiger partial charge on any atom is -0.427 e. The van der Waals surface area contributed by atoms with Crippen molar-refractivity contribution in [2.75, 3.05) is 0 Å². The van der Waals surface area contributed by atoms with Crippen LogP contribution in [0.15, 0.2) is 42.0 Å². The van der Waals surface area contributed by atoms with Gasteiger partial charge < -0.3 is 10.0 Å². The van der Waals surface area contributed by atoms with E-state index in [1.54, 1.807) is 0 Å². The maximum absolute atomic E-state index is 9.04. The van der Waals surface area contributed by atoms with E-state index < -0.39 is 7.12 Å². The van der Waals surface area contributed by atoms with Crippen LogP contribution in [0.1, 0.15) is 12.0 Å². The summed E-state index contributed by atoms with van der Waals surface area (Å²) in [6.07, 6.45) is 3.71. The molecular formula is C11H13BO2. The van der Waals surface area contributed by atoms with Gasteiger partial charge >= 0.3 is 7.12 Å². The Hall–Kier alpha value is -1.06. The third-order valence-electron chi connectivity index (χ3n) is 2.72. The lowest BCUT2D eigenvalue weighted by Gasteiger charge is -2.26. The fourth-order valence-corrected chi connectivity index (χ4v) is 1.77. The molecule has 0 aromatic heterocycles. The molecule has 0 spiro atoms. The van der Waals surface area contributed by atoms with E-state index in [9.17, 15) is 0 Å². The first-order chi connectivity index (χ1) is 6.77. The normalized spacial score (nSPS) is 19.9. The van der Waals surface area contributed by atoms with Gasteiger partial charge in [-0.25, -0.2) is 0 Å². The zero-order chi connectivity index (χ0) is 9.97. The fourth-order valence-electron chi connectivity index (χ4n) is 1.77. The average molecular weight is 188 g/mol. The molecule has 2 nitrogen and oxygen atoms in total. The summed E-state index contributed by atoms with van der Waals surface area (Å²) >= 11 is 0. The Morgan fingerprint density at radius 2 is 1.93 bits per heavy atom. The average Bonchev–Trinajstić information content (AvgIpc) is 2.13. The van der Waals surface area contributed by atoms with Crippen LogP contribution in [0.4, 0.5) is 0 Å². The number of hydrogen-bond acceptors (Lipinski definition) is 2. The van der Waals surface area contributed by atoms with Gasteiger partial charge in [-0.3, -0.25) is 0 Å². The van der Waals surface area contributed by atoms with Crippen molar-refractivity contribution in [1.29, 1.82) is 0 Å². The summed E-state index contributed by atoms with van der Waals surface area (Å²) in [6, 6.07) is 10.1. The van der Waals surface area contributed by atoms with E-state index in [2.05, 4.69) is 18.2 Å². The highest BCUT2D eigenvalue weighted by Crippen LogP contribution is 2.36. The minimum atomic E-state index is -1.20. The Bertz CT molecular complexity index is 332. The molecule has 2 rings (SSSR count). The topological polar surface area (TPSA) is 40.5 Å². The van der Waals surface area contributed by atoms with Gasteiger partial charge in [-0.15, -0.1) is 0 Å². The molecule has 14 heavy (non-hydrogen) atoms. The monoisotopic (exact) mass is 188 g/mol. The van der Waals surface area contributed by atoms with Gasteiger partial charge in [0.25, 0.3) is 0 Å². The molecule has 1 aliphatic rings. The molecule has 3 heteroatoms. The Labute approximate surface area is 84.0 Å². The third-order valence-corrected chi connectivity index (χ3v) is 2.72. The van der Waals surface area contributed by atoms with E-state index in [4.69, 9.17) is 10.0 Å². The standard InChI is InChI=1S/C11H13BO2/c13-12(14)11-7-6-10(11)8-9-4-2-1-3-5-9/h1-6,11,13-14H,7-8H2. The first-order valence-electron chi connectivity index (χ1n) is 4.86. The van der Waals surface area contributed by atoms with Crippen LogP contribution in [0.5, 0.6) is 0 Å². The Morgan fingerprint density at radius 1 is 1.21 bits per heavy atom. The molecule has 1 aromatic carbocycles. The quantitative estimate of drug-likeness (QED) is 0.556. The molecule has 0 bridgehead atoms. The molecule has 0 saturated carbocycles. The maximum Gasteiger partial charge on any atom is 0.459 e. The SMILES string of the molecule is OB(O)C1CC=C1Cc1ccccc1. The van der Waals surface area contributed by atoms with E-state index in [1.165, 1.54) is 5.56 Å². The van der Waals surface area contributed by atoms with E-state index >= 15 is 0 Å². The van der Waals surface area contributed by atoms with Gasteiger partial charge in [0.1, 0.15) is 0 Å². The predicted octanol–water partition coefficient (Wildman–Crippen LogP) is 1.40. The number of benzene rings is 1. The Kier molecular flexibility index (Phi) is 2.70. The van der Waals surface area contributed by atoms with E-state index in [-0.39, 0.29) is 5.82 Å². The van der Waals surface area contributed by atoms with Crippen molar-refractivity contribution >= 4 is 7.12 Å². The van der Waals surface area contributed by atoms with Crippen LogP contribution in [0.25, 0.3) is 0 Å². The zero-order valence-corrected chi connectivity index (χ0v) is 7.93. The third kappa shape index (κ3) is 1.89. The summed E-state index contributed by atoms with van der Waals surface area (Å²) in [6.45, 7) is 0. The second-order valence-corrected chi connectivity index (χ2v) is 3.70. The van der Waals surface area contributed by atoms with Crippen LogP contribution < -0.4 is 0 Å². The zero-order valence-electron chi connectivity index (χ0n) is 7.93. The highest BCUT2D eigenvalue weighted by molar-refractivity contribution is 6.44. The summed E-state index contributed by atoms with van der Waals surface area (Å²) < 4.78 is 0. The molecule has 1 unspecified atom stereocenters. The van der Waals surface area contributed by atoms with Crippen LogP contribution in [0.2, 0.25) is 5.82 Å². The van der Waals surface area contributed by atoms with Crippen molar-refractivity contribution in [2.45, 2.75) is 18.7 Å². The molecular weight excluding hydrogens is 175 g/mol. The first-order valence-corrected chi connectivity index (χ1v) is 4.86. The summed E-state index contributed by atoms with van der Waals surface area (Å²) in [5, 5.41) is 18.1. The van der Waals surface area contributed by atoms with Crippen LogP contribution >= 0.6 is 0 Å². The Balaban J connectivity index is 2.00. The van der Waals surface area contributed by atoms with Crippen LogP contribution in [0, 0.1) is 0 Å². The molecule has 0 radical (unpaired) electrons. The number of rotatable bonds is 3. The van der Waals surface area contributed by atoms with Gasteiger partial charge in [0.2, 0.25) is 0 Å². The smallest absolute Gasteiger partial charge is 0.427 e. The second kappa shape index (κ2) is 3.99. The summed E-state index contributed by atoms with van der Waals surface area (Å²) in [5.41, 5.74) is 2.37. The highest BCUT2D eigenvalue weighted by Gasteiger charge is 2.31. The molecule has 0 fully saturated rings. The largest absolute Gasteiger partial charge is 0.459 e. The lowest BCUT2D eigenvalue weighted by Crippen LogP contribution is -2.27. The lowest BCUT2D eigenvalue weighted by atomic mass is 9.60. The van der Waals surface area contributed by atoms with E-state index in [0.717, 1.165) is 18.4 Å². The van der Waals surface area contributed by atoms with Crippen LogP contribution in [-0.4, -0.2) is 17.2 Å². The van der Waals surface area contributed by atoms with E-state index in [1.807, 2.05) is 18.2 Å². The molecule has 72 valence electrons. The number of hydrogen-bond donors (Lipinski definition) is 2. The summed E-state index contributed by atoms with van der Waals surface area (Å²) in [4.78, 5) is 0. The molecule has 0 saturated heterocycles. The van der Waals surface area contributed by atoms with E-state index in [0.29, 0.717) is 0 Å². The van der Waals surface area contributed by atoms with Gasteiger partial charge in [-0.1, -0.05) is 42.0 Å². The summed E-state index contributed by atoms with van der Waals surface area (Å²) in [7, 11) is -1.20. The van der Waals surface area contributed by atoms with Gasteiger partial charge in [-0.2, -0.15) is 0 Å². The minimum absolute atomic E-state index is 0.0461. The highest BCUT2D eigenvalue weighted by atomic mass is 16.4. The van der Waals surface area contributed by atoms with Crippen molar-refractivity contribution in [3.8, 4) is 0 Å². The fraction of sp³-hybridized carbons (Fsp3) is 0.273.